The van der Waals surface area contributed by atoms with Crippen molar-refractivity contribution in [3.63, 3.8) is 0 Å². The fraction of sp³-hybridized carbons (Fsp3) is 0.917. The molecule has 0 unspecified atom stereocenters. The number of piperazine rings is 1. The van der Waals surface area contributed by atoms with Crippen molar-refractivity contribution in [3.8, 4) is 0 Å². The van der Waals surface area contributed by atoms with Gasteiger partial charge in [-0.2, -0.15) is 0 Å². The average Bonchev–Trinajstić information content (AvgIpc) is 3.13. The van der Waals surface area contributed by atoms with E-state index in [1.54, 1.807) is 0 Å². The van der Waals surface area contributed by atoms with Crippen LogP contribution in [-0.4, -0.2) is 54.5 Å². The summed E-state index contributed by atoms with van der Waals surface area (Å²) in [6, 6.07) is 0. The molecular formula is C12H21N3O. The fourth-order valence-electron chi connectivity index (χ4n) is 2.98. The molecule has 90 valence electrons. The molecule has 2 aliphatic carbocycles. The topological polar surface area (TPSA) is 49.6 Å². The van der Waals surface area contributed by atoms with Gasteiger partial charge in [-0.25, -0.2) is 0 Å². The zero-order valence-corrected chi connectivity index (χ0v) is 10.0. The first kappa shape index (κ1) is 10.5. The van der Waals surface area contributed by atoms with E-state index >= 15 is 0 Å². The van der Waals surface area contributed by atoms with E-state index in [0.717, 1.165) is 51.9 Å². The van der Waals surface area contributed by atoms with Crippen LogP contribution in [0.4, 0.5) is 0 Å². The Hall–Kier alpha value is -0.610. The standard InChI is InChI=1S/C12H21N3O/c1-14-6-8-15(9-7-14)10(16)11(2-3-11)12(13)4-5-12/h2-9,13H2,1H3. The summed E-state index contributed by atoms with van der Waals surface area (Å²) in [7, 11) is 2.11. The number of carbonyl (C=O) groups is 1. The molecule has 0 bridgehead atoms. The van der Waals surface area contributed by atoms with E-state index in [9.17, 15) is 4.79 Å². The lowest BCUT2D eigenvalue weighted by atomic mass is 9.92. The molecule has 4 heteroatoms. The van der Waals surface area contributed by atoms with Crippen LogP contribution in [0.2, 0.25) is 0 Å². The number of amides is 1. The van der Waals surface area contributed by atoms with Gasteiger partial charge in [-0.15, -0.1) is 0 Å². The van der Waals surface area contributed by atoms with E-state index in [1.165, 1.54) is 0 Å². The number of nitrogens with zero attached hydrogens (tertiary/aromatic N) is 2. The summed E-state index contributed by atoms with van der Waals surface area (Å²) in [5.74, 6) is 0.348. The minimum absolute atomic E-state index is 0.132. The third kappa shape index (κ3) is 1.39. The van der Waals surface area contributed by atoms with Gasteiger partial charge in [0.2, 0.25) is 5.91 Å². The number of rotatable bonds is 2. The molecule has 1 amide bonds. The van der Waals surface area contributed by atoms with Gasteiger partial charge in [-0.1, -0.05) is 0 Å². The lowest BCUT2D eigenvalue weighted by Gasteiger charge is -2.36. The van der Waals surface area contributed by atoms with Crippen LogP contribution in [0.25, 0.3) is 0 Å². The number of likely N-dealkylation sites (N-methyl/N-ethyl adjacent to an activating group) is 1. The highest BCUT2D eigenvalue weighted by Crippen LogP contribution is 2.63. The third-order valence-electron chi connectivity index (χ3n) is 4.69. The fourth-order valence-corrected chi connectivity index (χ4v) is 2.98. The lowest BCUT2D eigenvalue weighted by Crippen LogP contribution is -2.53. The summed E-state index contributed by atoms with van der Waals surface area (Å²) in [4.78, 5) is 16.8. The maximum Gasteiger partial charge on any atom is 0.230 e. The number of hydrogen-bond acceptors (Lipinski definition) is 3. The van der Waals surface area contributed by atoms with Gasteiger partial charge in [0.25, 0.3) is 0 Å². The molecule has 0 radical (unpaired) electrons. The van der Waals surface area contributed by atoms with Crippen molar-refractivity contribution in [2.45, 2.75) is 31.2 Å². The first-order chi connectivity index (χ1) is 7.57. The van der Waals surface area contributed by atoms with Crippen molar-refractivity contribution in [2.24, 2.45) is 11.1 Å². The summed E-state index contributed by atoms with van der Waals surface area (Å²) < 4.78 is 0. The van der Waals surface area contributed by atoms with Crippen LogP contribution in [0.3, 0.4) is 0 Å². The molecule has 2 saturated carbocycles. The molecule has 4 nitrogen and oxygen atoms in total. The predicted molar refractivity (Wildman–Crippen MR) is 61.9 cm³/mol. The second kappa shape index (κ2) is 3.20. The van der Waals surface area contributed by atoms with Gasteiger partial charge >= 0.3 is 0 Å². The first-order valence-electron chi connectivity index (χ1n) is 6.34. The van der Waals surface area contributed by atoms with Crippen molar-refractivity contribution < 1.29 is 4.79 Å². The van der Waals surface area contributed by atoms with Gasteiger partial charge < -0.3 is 15.5 Å². The zero-order chi connectivity index (χ0) is 11.4. The van der Waals surface area contributed by atoms with Gasteiger partial charge in [-0.3, -0.25) is 4.79 Å². The third-order valence-corrected chi connectivity index (χ3v) is 4.69. The van der Waals surface area contributed by atoms with Crippen molar-refractivity contribution in [1.29, 1.82) is 0 Å². The SMILES string of the molecule is CN1CCN(C(=O)C2(C3(N)CC3)CC2)CC1. The summed E-state index contributed by atoms with van der Waals surface area (Å²) in [5.41, 5.74) is 5.98. The zero-order valence-electron chi connectivity index (χ0n) is 10.0. The summed E-state index contributed by atoms with van der Waals surface area (Å²) in [6.07, 6.45) is 4.14. The number of carbonyl (C=O) groups excluding carboxylic acids is 1. The van der Waals surface area contributed by atoms with Crippen LogP contribution in [0.5, 0.6) is 0 Å². The van der Waals surface area contributed by atoms with Crippen LogP contribution in [-0.2, 0) is 4.79 Å². The highest BCUT2D eigenvalue weighted by Gasteiger charge is 2.68. The van der Waals surface area contributed by atoms with Crippen LogP contribution in [0.1, 0.15) is 25.7 Å². The van der Waals surface area contributed by atoms with Crippen molar-refractivity contribution in [1.82, 2.24) is 9.80 Å². The van der Waals surface area contributed by atoms with Gasteiger partial charge in [0, 0.05) is 31.7 Å². The summed E-state index contributed by atoms with van der Waals surface area (Å²) in [6.45, 7) is 3.76. The second-order valence-corrected chi connectivity index (χ2v) is 5.83. The minimum Gasteiger partial charge on any atom is -0.340 e. The van der Waals surface area contributed by atoms with Crippen LogP contribution >= 0.6 is 0 Å². The van der Waals surface area contributed by atoms with Gasteiger partial charge in [0.15, 0.2) is 0 Å². The Balaban J connectivity index is 1.69. The molecule has 0 aromatic carbocycles. The molecule has 3 aliphatic rings. The lowest BCUT2D eigenvalue weighted by molar-refractivity contribution is -0.139. The van der Waals surface area contributed by atoms with Crippen molar-refractivity contribution in [2.75, 3.05) is 33.2 Å². The Morgan fingerprint density at radius 1 is 1.06 bits per heavy atom. The van der Waals surface area contributed by atoms with E-state index in [1.807, 2.05) is 4.90 Å². The van der Waals surface area contributed by atoms with E-state index in [0.29, 0.717) is 5.91 Å². The molecule has 2 N–H and O–H groups in total. The molecular weight excluding hydrogens is 202 g/mol. The summed E-state index contributed by atoms with van der Waals surface area (Å²) >= 11 is 0. The monoisotopic (exact) mass is 223 g/mol. The van der Waals surface area contributed by atoms with E-state index in [2.05, 4.69) is 11.9 Å². The molecule has 0 aromatic rings. The molecule has 3 rings (SSSR count). The Morgan fingerprint density at radius 2 is 1.62 bits per heavy atom. The Morgan fingerprint density at radius 3 is 2.06 bits per heavy atom. The normalized spacial score (nSPS) is 31.2. The summed E-state index contributed by atoms with van der Waals surface area (Å²) in [5, 5.41) is 0. The van der Waals surface area contributed by atoms with Gasteiger partial charge in [0.05, 0.1) is 5.41 Å². The minimum atomic E-state index is -0.150. The smallest absolute Gasteiger partial charge is 0.230 e. The Kier molecular flexibility index (Phi) is 2.11. The van der Waals surface area contributed by atoms with Crippen LogP contribution < -0.4 is 5.73 Å². The molecule has 16 heavy (non-hydrogen) atoms. The molecule has 1 saturated heterocycles. The Bertz CT molecular complexity index is 312. The number of nitrogens with two attached hydrogens (primary N) is 1. The Labute approximate surface area is 96.8 Å². The molecule has 1 aliphatic heterocycles. The van der Waals surface area contributed by atoms with Gasteiger partial charge in [-0.05, 0) is 32.7 Å². The molecule has 3 fully saturated rings. The largest absolute Gasteiger partial charge is 0.340 e. The van der Waals surface area contributed by atoms with E-state index in [4.69, 9.17) is 5.73 Å². The van der Waals surface area contributed by atoms with Gasteiger partial charge in [0.1, 0.15) is 0 Å². The predicted octanol–water partition coefficient (Wildman–Crippen LogP) is 0.0319. The highest BCUT2D eigenvalue weighted by atomic mass is 16.2. The molecule has 0 atom stereocenters. The molecule has 1 heterocycles. The number of hydrogen-bond donors (Lipinski definition) is 1. The van der Waals surface area contributed by atoms with E-state index in [-0.39, 0.29) is 11.0 Å². The van der Waals surface area contributed by atoms with Crippen LogP contribution in [0, 0.1) is 5.41 Å². The van der Waals surface area contributed by atoms with Crippen LogP contribution in [0.15, 0.2) is 0 Å². The second-order valence-electron chi connectivity index (χ2n) is 5.83. The quantitative estimate of drug-likeness (QED) is 0.718. The maximum atomic E-state index is 12.5. The molecule has 0 spiro atoms. The maximum absolute atomic E-state index is 12.5. The van der Waals surface area contributed by atoms with Crippen molar-refractivity contribution >= 4 is 5.91 Å². The highest BCUT2D eigenvalue weighted by molar-refractivity contribution is 5.88. The molecule has 0 aromatic heterocycles. The van der Waals surface area contributed by atoms with Crippen molar-refractivity contribution in [3.05, 3.63) is 0 Å². The average molecular weight is 223 g/mol. The first-order valence-corrected chi connectivity index (χ1v) is 6.34. The van der Waals surface area contributed by atoms with E-state index < -0.39 is 0 Å².